The Morgan fingerprint density at radius 2 is 2.14 bits per heavy atom. The predicted molar refractivity (Wildman–Crippen MR) is 84.2 cm³/mol. The number of hydrogen-bond donors (Lipinski definition) is 1. The topological polar surface area (TPSA) is 65.4 Å². The molecule has 2 aromatic rings. The average Bonchev–Trinajstić information content (AvgIpc) is 2.92. The number of rotatable bonds is 8. The monoisotopic (exact) mass is 286 g/mol. The summed E-state index contributed by atoms with van der Waals surface area (Å²) in [5, 5.41) is 4.24. The van der Waals surface area contributed by atoms with Crippen LogP contribution in [0.5, 0.6) is 0 Å². The van der Waals surface area contributed by atoms with Gasteiger partial charge in [-0.1, -0.05) is 35.5 Å². The third-order valence-electron chi connectivity index (χ3n) is 3.23. The molecule has 0 saturated heterocycles. The summed E-state index contributed by atoms with van der Waals surface area (Å²) in [6.45, 7) is 3.85. The molecule has 0 spiro atoms. The molecule has 0 aliphatic rings. The Balaban J connectivity index is 1.96. The van der Waals surface area contributed by atoms with E-state index in [1.807, 2.05) is 49.6 Å². The Bertz CT molecular complexity index is 563. The molecule has 0 aliphatic carbocycles. The Kier molecular flexibility index (Phi) is 5.97. The second-order valence-electron chi connectivity index (χ2n) is 4.80. The van der Waals surface area contributed by atoms with E-state index >= 15 is 0 Å². The third kappa shape index (κ3) is 4.72. The second-order valence-corrected chi connectivity index (χ2v) is 4.80. The summed E-state index contributed by atoms with van der Waals surface area (Å²) < 4.78 is 2.14. The maximum Gasteiger partial charge on any atom is 0.129 e. The number of benzene rings is 1. The van der Waals surface area contributed by atoms with E-state index < -0.39 is 0 Å². The molecule has 0 fully saturated rings. The lowest BCUT2D eigenvalue weighted by Crippen LogP contribution is -2.09. The van der Waals surface area contributed by atoms with Gasteiger partial charge in [0.25, 0.3) is 0 Å². The molecule has 1 aromatic heterocycles. The van der Waals surface area contributed by atoms with E-state index in [0.29, 0.717) is 13.2 Å². The number of oxime groups is 1. The fraction of sp³-hybridized carbons (Fsp3) is 0.375. The molecule has 1 aromatic carbocycles. The molecule has 0 unspecified atom stereocenters. The Morgan fingerprint density at radius 1 is 1.33 bits per heavy atom. The molecular weight excluding hydrogens is 264 g/mol. The third-order valence-corrected chi connectivity index (χ3v) is 3.23. The summed E-state index contributed by atoms with van der Waals surface area (Å²) >= 11 is 0. The molecule has 0 radical (unpaired) electrons. The first-order valence-corrected chi connectivity index (χ1v) is 7.23. The number of aryl methyl sites for hydroxylation is 2. The van der Waals surface area contributed by atoms with Gasteiger partial charge in [-0.3, -0.25) is 0 Å². The number of hydrogen-bond acceptors (Lipinski definition) is 4. The molecule has 2 N–H and O–H groups in total. The van der Waals surface area contributed by atoms with Gasteiger partial charge in [0.15, 0.2) is 0 Å². The minimum atomic E-state index is 0.441. The smallest absolute Gasteiger partial charge is 0.129 e. The highest BCUT2D eigenvalue weighted by Gasteiger charge is 2.05. The standard InChI is InChI=1S/C16H22N4O/c1-14-18-10-12-20(14)11-5-8-16(19-21-13-9-17)15-6-3-2-4-7-15/h2-4,6-7,10,12H,5,8-9,11,13,17H2,1H3. The van der Waals surface area contributed by atoms with Gasteiger partial charge in [0, 0.05) is 25.5 Å². The van der Waals surface area contributed by atoms with E-state index in [2.05, 4.69) is 14.7 Å². The molecule has 0 aliphatic heterocycles. The molecule has 0 bridgehead atoms. The molecular formula is C16H22N4O. The summed E-state index contributed by atoms with van der Waals surface area (Å²) in [6, 6.07) is 10.1. The number of nitrogens with zero attached hydrogens (tertiary/aromatic N) is 3. The van der Waals surface area contributed by atoms with Crippen LogP contribution in [0, 0.1) is 6.92 Å². The first-order valence-electron chi connectivity index (χ1n) is 7.23. The SMILES string of the molecule is Cc1nccn1CCCC(=NOCCN)c1ccccc1. The van der Waals surface area contributed by atoms with Crippen molar-refractivity contribution in [1.82, 2.24) is 9.55 Å². The zero-order chi connectivity index (χ0) is 14.9. The van der Waals surface area contributed by atoms with Crippen LogP contribution in [0.4, 0.5) is 0 Å². The Morgan fingerprint density at radius 3 is 2.81 bits per heavy atom. The van der Waals surface area contributed by atoms with Gasteiger partial charge in [-0.05, 0) is 25.3 Å². The minimum absolute atomic E-state index is 0.441. The molecule has 2 rings (SSSR count). The van der Waals surface area contributed by atoms with Gasteiger partial charge in [-0.15, -0.1) is 0 Å². The van der Waals surface area contributed by atoms with Crippen molar-refractivity contribution >= 4 is 5.71 Å². The zero-order valence-electron chi connectivity index (χ0n) is 12.4. The van der Waals surface area contributed by atoms with Gasteiger partial charge in [0.05, 0.1) is 5.71 Å². The van der Waals surface area contributed by atoms with Gasteiger partial charge in [0.2, 0.25) is 0 Å². The van der Waals surface area contributed by atoms with E-state index in [1.54, 1.807) is 0 Å². The summed E-state index contributed by atoms with van der Waals surface area (Å²) in [5.74, 6) is 1.03. The fourth-order valence-corrected chi connectivity index (χ4v) is 2.11. The van der Waals surface area contributed by atoms with Gasteiger partial charge in [0.1, 0.15) is 12.4 Å². The minimum Gasteiger partial charge on any atom is -0.394 e. The first-order chi connectivity index (χ1) is 10.3. The highest BCUT2D eigenvalue weighted by molar-refractivity contribution is 6.00. The van der Waals surface area contributed by atoms with Crippen molar-refractivity contribution in [1.29, 1.82) is 0 Å². The van der Waals surface area contributed by atoms with Crippen LogP contribution in [0.15, 0.2) is 47.9 Å². The zero-order valence-corrected chi connectivity index (χ0v) is 12.4. The van der Waals surface area contributed by atoms with Gasteiger partial charge in [-0.2, -0.15) is 0 Å². The van der Waals surface area contributed by atoms with Gasteiger partial charge < -0.3 is 15.1 Å². The quantitative estimate of drug-likeness (QED) is 0.460. The lowest BCUT2D eigenvalue weighted by Gasteiger charge is -2.08. The van der Waals surface area contributed by atoms with E-state index in [-0.39, 0.29) is 0 Å². The van der Waals surface area contributed by atoms with Crippen molar-refractivity contribution in [2.24, 2.45) is 10.9 Å². The normalized spacial score (nSPS) is 11.6. The van der Waals surface area contributed by atoms with E-state index in [9.17, 15) is 0 Å². The lowest BCUT2D eigenvalue weighted by atomic mass is 10.1. The van der Waals surface area contributed by atoms with Gasteiger partial charge in [-0.25, -0.2) is 4.98 Å². The van der Waals surface area contributed by atoms with E-state index in [0.717, 1.165) is 36.5 Å². The van der Waals surface area contributed by atoms with Crippen LogP contribution in [0.3, 0.4) is 0 Å². The average molecular weight is 286 g/mol. The van der Waals surface area contributed by atoms with Crippen LogP contribution in [0.1, 0.15) is 24.2 Å². The molecule has 0 amide bonds. The molecule has 5 nitrogen and oxygen atoms in total. The van der Waals surface area contributed by atoms with E-state index in [1.165, 1.54) is 0 Å². The van der Waals surface area contributed by atoms with Crippen LogP contribution < -0.4 is 5.73 Å². The fourth-order valence-electron chi connectivity index (χ4n) is 2.11. The number of aromatic nitrogens is 2. The Hall–Kier alpha value is -2.14. The van der Waals surface area contributed by atoms with Crippen molar-refractivity contribution in [3.8, 4) is 0 Å². The first kappa shape index (κ1) is 15.3. The largest absolute Gasteiger partial charge is 0.394 e. The van der Waals surface area contributed by atoms with Crippen molar-refractivity contribution in [3.63, 3.8) is 0 Å². The lowest BCUT2D eigenvalue weighted by molar-refractivity contribution is 0.151. The van der Waals surface area contributed by atoms with Crippen molar-refractivity contribution in [2.45, 2.75) is 26.3 Å². The summed E-state index contributed by atoms with van der Waals surface area (Å²) in [5.41, 5.74) is 7.48. The maximum absolute atomic E-state index is 5.43. The van der Waals surface area contributed by atoms with Crippen LogP contribution >= 0.6 is 0 Å². The summed E-state index contributed by atoms with van der Waals surface area (Å²) in [7, 11) is 0. The number of imidazole rings is 1. The second kappa shape index (κ2) is 8.21. The highest BCUT2D eigenvalue weighted by Crippen LogP contribution is 2.09. The molecule has 0 saturated carbocycles. The molecule has 5 heteroatoms. The van der Waals surface area contributed by atoms with Gasteiger partial charge >= 0.3 is 0 Å². The molecule has 21 heavy (non-hydrogen) atoms. The van der Waals surface area contributed by atoms with Crippen LogP contribution in [0.25, 0.3) is 0 Å². The predicted octanol–water partition coefficient (Wildman–Crippen LogP) is 2.35. The van der Waals surface area contributed by atoms with Crippen molar-refractivity contribution in [2.75, 3.05) is 13.2 Å². The Labute approximate surface area is 125 Å². The maximum atomic E-state index is 5.43. The van der Waals surface area contributed by atoms with E-state index in [4.69, 9.17) is 10.6 Å². The molecule has 1 heterocycles. The van der Waals surface area contributed by atoms with Crippen molar-refractivity contribution in [3.05, 3.63) is 54.1 Å². The molecule has 0 atom stereocenters. The van der Waals surface area contributed by atoms with Crippen molar-refractivity contribution < 1.29 is 4.84 Å². The summed E-state index contributed by atoms with van der Waals surface area (Å²) in [6.07, 6.45) is 5.66. The number of nitrogens with two attached hydrogens (primary N) is 1. The summed E-state index contributed by atoms with van der Waals surface area (Å²) in [4.78, 5) is 9.48. The van der Waals surface area contributed by atoms with Crippen LogP contribution in [-0.2, 0) is 11.4 Å². The molecule has 112 valence electrons. The van der Waals surface area contributed by atoms with Crippen LogP contribution in [-0.4, -0.2) is 28.4 Å². The highest BCUT2D eigenvalue weighted by atomic mass is 16.6. The van der Waals surface area contributed by atoms with Crippen LogP contribution in [0.2, 0.25) is 0 Å².